The molecule has 3 rings (SSSR count). The van der Waals surface area contributed by atoms with Crippen LogP contribution in [0.4, 0.5) is 4.79 Å². The van der Waals surface area contributed by atoms with Crippen LogP contribution >= 0.6 is 0 Å². The number of carbonyl (C=O) groups excluding carboxylic acids is 1. The highest BCUT2D eigenvalue weighted by atomic mass is 16.5. The Labute approximate surface area is 111 Å². The summed E-state index contributed by atoms with van der Waals surface area (Å²) < 4.78 is 5.43. The average molecular weight is 259 g/mol. The number of aromatic amines is 1. The number of nitrogens with zero attached hydrogens (tertiary/aromatic N) is 1. The molecule has 2 heterocycles. The topological polar surface area (TPSA) is 71.3 Å². The summed E-state index contributed by atoms with van der Waals surface area (Å²) in [7, 11) is 1.65. The Morgan fingerprint density at radius 3 is 2.89 bits per heavy atom. The number of aryl methyl sites for hydroxylation is 1. The van der Waals surface area contributed by atoms with Gasteiger partial charge in [0, 0.05) is 28.7 Å². The monoisotopic (exact) mass is 259 g/mol. The number of nitrogens with two attached hydrogens (primary N) is 1. The van der Waals surface area contributed by atoms with Gasteiger partial charge in [-0.1, -0.05) is 0 Å². The first kappa shape index (κ1) is 11.9. The minimum Gasteiger partial charge on any atom is -0.496 e. The number of H-pyrrole nitrogens is 1. The maximum atomic E-state index is 11.5. The number of amides is 2. The zero-order valence-electron chi connectivity index (χ0n) is 11.1. The van der Waals surface area contributed by atoms with Crippen molar-refractivity contribution in [1.82, 2.24) is 9.88 Å². The second-order valence-electron chi connectivity index (χ2n) is 4.91. The summed E-state index contributed by atoms with van der Waals surface area (Å²) in [6.45, 7) is 3.20. The quantitative estimate of drug-likeness (QED) is 0.821. The molecule has 1 aromatic heterocycles. The molecule has 100 valence electrons. The number of methoxy groups -OCH3 is 1. The number of rotatable bonds is 1. The molecule has 0 fully saturated rings. The van der Waals surface area contributed by atoms with E-state index in [-0.39, 0.29) is 6.03 Å². The Morgan fingerprint density at radius 2 is 2.21 bits per heavy atom. The average Bonchev–Trinajstić information content (AvgIpc) is 2.59. The Hall–Kier alpha value is -2.17. The fourth-order valence-electron chi connectivity index (χ4n) is 2.91. The van der Waals surface area contributed by atoms with Crippen molar-refractivity contribution in [2.75, 3.05) is 13.7 Å². The number of carbonyl (C=O) groups is 1. The van der Waals surface area contributed by atoms with E-state index in [2.05, 4.69) is 11.9 Å². The summed E-state index contributed by atoms with van der Waals surface area (Å²) in [5.41, 5.74) is 9.97. The maximum absolute atomic E-state index is 11.5. The van der Waals surface area contributed by atoms with E-state index >= 15 is 0 Å². The molecule has 2 aromatic rings. The van der Waals surface area contributed by atoms with Crippen LogP contribution < -0.4 is 10.5 Å². The zero-order chi connectivity index (χ0) is 13.6. The number of urea groups is 1. The molecule has 3 N–H and O–H groups in total. The second kappa shape index (κ2) is 4.19. The van der Waals surface area contributed by atoms with Crippen LogP contribution in [0.5, 0.6) is 5.75 Å². The molecule has 5 heteroatoms. The van der Waals surface area contributed by atoms with Crippen molar-refractivity contribution in [2.24, 2.45) is 5.73 Å². The predicted octanol–water partition coefficient (Wildman–Crippen LogP) is 1.92. The van der Waals surface area contributed by atoms with Gasteiger partial charge in [-0.15, -0.1) is 0 Å². The minimum absolute atomic E-state index is 0.383. The van der Waals surface area contributed by atoms with Crippen LogP contribution in [0, 0.1) is 6.92 Å². The molecule has 0 saturated heterocycles. The van der Waals surface area contributed by atoms with E-state index in [1.807, 2.05) is 12.1 Å². The fourth-order valence-corrected chi connectivity index (χ4v) is 2.91. The van der Waals surface area contributed by atoms with Gasteiger partial charge in [-0.3, -0.25) is 0 Å². The molecular formula is C14H17N3O2. The Balaban J connectivity index is 2.26. The molecule has 1 aromatic carbocycles. The lowest BCUT2D eigenvalue weighted by atomic mass is 10.0. The third-order valence-electron chi connectivity index (χ3n) is 3.86. The highest BCUT2D eigenvalue weighted by molar-refractivity contribution is 5.90. The van der Waals surface area contributed by atoms with Crippen LogP contribution in [0.25, 0.3) is 10.9 Å². The molecule has 1 aliphatic rings. The van der Waals surface area contributed by atoms with Gasteiger partial charge in [0.05, 0.1) is 13.7 Å². The Kier molecular flexibility index (Phi) is 2.62. The normalized spacial score (nSPS) is 14.5. The van der Waals surface area contributed by atoms with Gasteiger partial charge in [0.25, 0.3) is 0 Å². The number of nitrogens with one attached hydrogen (secondary N) is 1. The molecule has 19 heavy (non-hydrogen) atoms. The number of aromatic nitrogens is 1. The molecule has 0 unspecified atom stereocenters. The van der Waals surface area contributed by atoms with E-state index < -0.39 is 0 Å². The van der Waals surface area contributed by atoms with Crippen LogP contribution in [0.1, 0.15) is 16.8 Å². The van der Waals surface area contributed by atoms with Crippen molar-refractivity contribution in [3.63, 3.8) is 0 Å². The highest BCUT2D eigenvalue weighted by Crippen LogP contribution is 2.35. The zero-order valence-corrected chi connectivity index (χ0v) is 11.1. The van der Waals surface area contributed by atoms with E-state index in [1.54, 1.807) is 12.0 Å². The van der Waals surface area contributed by atoms with Gasteiger partial charge >= 0.3 is 6.03 Å². The highest BCUT2D eigenvalue weighted by Gasteiger charge is 2.23. The van der Waals surface area contributed by atoms with Crippen LogP contribution in [0.2, 0.25) is 0 Å². The van der Waals surface area contributed by atoms with Crippen LogP contribution in [-0.4, -0.2) is 29.6 Å². The molecule has 5 nitrogen and oxygen atoms in total. The van der Waals surface area contributed by atoms with Gasteiger partial charge < -0.3 is 20.4 Å². The Bertz CT molecular complexity index is 660. The number of hydrogen-bond donors (Lipinski definition) is 2. The van der Waals surface area contributed by atoms with Crippen molar-refractivity contribution in [1.29, 1.82) is 0 Å². The molecule has 0 aliphatic carbocycles. The maximum Gasteiger partial charge on any atom is 0.315 e. The summed E-state index contributed by atoms with van der Waals surface area (Å²) in [5, 5.41) is 1.18. The molecule has 1 aliphatic heterocycles. The summed E-state index contributed by atoms with van der Waals surface area (Å²) in [5.74, 6) is 0.806. The van der Waals surface area contributed by atoms with Gasteiger partial charge in [-0.2, -0.15) is 0 Å². The molecule has 0 atom stereocenters. The van der Waals surface area contributed by atoms with Gasteiger partial charge in [-0.05, 0) is 31.0 Å². The van der Waals surface area contributed by atoms with E-state index in [0.29, 0.717) is 13.1 Å². The van der Waals surface area contributed by atoms with E-state index in [9.17, 15) is 4.79 Å². The standard InChI is InChI=1S/C14H17N3O2/c1-8-9-5-6-17(14(15)18)7-10-12(19-2)4-3-11(16-8)13(9)10/h3-4,16H,5-7H2,1-2H3,(H2,15,18). The van der Waals surface area contributed by atoms with Crippen molar-refractivity contribution < 1.29 is 9.53 Å². The van der Waals surface area contributed by atoms with Crippen LogP contribution in [0.3, 0.4) is 0 Å². The number of primary amides is 1. The first-order valence-electron chi connectivity index (χ1n) is 6.33. The first-order valence-corrected chi connectivity index (χ1v) is 6.33. The molecule has 0 bridgehead atoms. The van der Waals surface area contributed by atoms with Gasteiger partial charge in [0.15, 0.2) is 0 Å². The smallest absolute Gasteiger partial charge is 0.315 e. The largest absolute Gasteiger partial charge is 0.496 e. The molecule has 0 spiro atoms. The lowest BCUT2D eigenvalue weighted by molar-refractivity contribution is 0.206. The van der Waals surface area contributed by atoms with Gasteiger partial charge in [0.1, 0.15) is 5.75 Å². The third-order valence-corrected chi connectivity index (χ3v) is 3.86. The lowest BCUT2D eigenvalue weighted by Gasteiger charge is -2.19. The molecular weight excluding hydrogens is 242 g/mol. The molecule has 0 saturated carbocycles. The summed E-state index contributed by atoms with van der Waals surface area (Å²) in [6.07, 6.45) is 0.814. The number of ether oxygens (including phenoxy) is 1. The van der Waals surface area contributed by atoms with Crippen molar-refractivity contribution in [3.8, 4) is 5.75 Å². The van der Waals surface area contributed by atoms with E-state index in [1.165, 1.54) is 10.9 Å². The van der Waals surface area contributed by atoms with Crippen LogP contribution in [0.15, 0.2) is 12.1 Å². The van der Waals surface area contributed by atoms with E-state index in [0.717, 1.165) is 28.9 Å². The minimum atomic E-state index is -0.383. The molecule has 2 amide bonds. The number of benzene rings is 1. The first-order chi connectivity index (χ1) is 9.11. The van der Waals surface area contributed by atoms with Crippen molar-refractivity contribution >= 4 is 16.9 Å². The van der Waals surface area contributed by atoms with Crippen molar-refractivity contribution in [3.05, 3.63) is 29.0 Å². The van der Waals surface area contributed by atoms with Gasteiger partial charge in [-0.25, -0.2) is 4.79 Å². The van der Waals surface area contributed by atoms with Crippen LogP contribution in [-0.2, 0) is 13.0 Å². The summed E-state index contributed by atoms with van der Waals surface area (Å²) >= 11 is 0. The number of hydrogen-bond acceptors (Lipinski definition) is 2. The third kappa shape index (κ3) is 1.73. The Morgan fingerprint density at radius 1 is 1.42 bits per heavy atom. The fraction of sp³-hybridized carbons (Fsp3) is 0.357. The van der Waals surface area contributed by atoms with Crippen molar-refractivity contribution in [2.45, 2.75) is 19.9 Å². The predicted molar refractivity (Wildman–Crippen MR) is 73.3 cm³/mol. The summed E-state index contributed by atoms with van der Waals surface area (Å²) in [6, 6.07) is 3.57. The summed E-state index contributed by atoms with van der Waals surface area (Å²) in [4.78, 5) is 16.5. The second-order valence-corrected chi connectivity index (χ2v) is 4.91. The lowest BCUT2D eigenvalue weighted by Crippen LogP contribution is -2.36. The van der Waals surface area contributed by atoms with Gasteiger partial charge in [0.2, 0.25) is 0 Å². The SMILES string of the molecule is COc1ccc2[nH]c(C)c3c2c1CN(C(N)=O)CC3. The molecule has 0 radical (unpaired) electrons. The van der Waals surface area contributed by atoms with E-state index in [4.69, 9.17) is 10.5 Å².